The predicted molar refractivity (Wildman–Crippen MR) is 103 cm³/mol. The van der Waals surface area contributed by atoms with Crippen LogP contribution in [0.3, 0.4) is 0 Å². The lowest BCUT2D eigenvalue weighted by Crippen LogP contribution is -2.32. The van der Waals surface area contributed by atoms with E-state index in [-0.39, 0.29) is 0 Å². The van der Waals surface area contributed by atoms with Crippen LogP contribution in [0, 0.1) is 0 Å². The Bertz CT molecular complexity index is 246. The van der Waals surface area contributed by atoms with Gasteiger partial charge in [0.2, 0.25) is 5.91 Å². The highest BCUT2D eigenvalue weighted by atomic mass is 16.2. The second-order valence-electron chi connectivity index (χ2n) is 7.02. The van der Waals surface area contributed by atoms with Crippen LogP contribution in [-0.4, -0.2) is 23.9 Å². The van der Waals surface area contributed by atoms with Crippen molar-refractivity contribution in [3.63, 3.8) is 0 Å². The molecule has 23 heavy (non-hydrogen) atoms. The zero-order valence-corrected chi connectivity index (χ0v) is 16.4. The van der Waals surface area contributed by atoms with Crippen molar-refractivity contribution in [1.82, 2.24) is 4.90 Å². The smallest absolute Gasteiger partial charge is 0.222 e. The van der Waals surface area contributed by atoms with Gasteiger partial charge in [-0.15, -0.1) is 0 Å². The van der Waals surface area contributed by atoms with Crippen LogP contribution in [0.25, 0.3) is 0 Å². The van der Waals surface area contributed by atoms with E-state index in [0.29, 0.717) is 5.91 Å². The monoisotopic (exact) mass is 325 g/mol. The fraction of sp³-hybridized carbons (Fsp3) is 0.952. The van der Waals surface area contributed by atoms with Gasteiger partial charge in [-0.3, -0.25) is 4.79 Å². The molecule has 2 nitrogen and oxygen atoms in total. The molecule has 0 aromatic rings. The number of nitrogens with zero attached hydrogens (tertiary/aromatic N) is 1. The fourth-order valence-corrected chi connectivity index (χ4v) is 3.18. The van der Waals surface area contributed by atoms with Crippen LogP contribution in [0.4, 0.5) is 0 Å². The van der Waals surface area contributed by atoms with Gasteiger partial charge >= 0.3 is 0 Å². The van der Waals surface area contributed by atoms with E-state index >= 15 is 0 Å². The van der Waals surface area contributed by atoms with Crippen molar-refractivity contribution in [3.8, 4) is 0 Å². The predicted octanol–water partition coefficient (Wildman–Crippen LogP) is 6.73. The summed E-state index contributed by atoms with van der Waals surface area (Å²) in [7, 11) is 0. The first-order chi connectivity index (χ1) is 11.3. The third kappa shape index (κ3) is 14.8. The molecule has 0 radical (unpaired) electrons. The first kappa shape index (κ1) is 22.5. The van der Waals surface area contributed by atoms with Crippen LogP contribution in [0.15, 0.2) is 0 Å². The SMILES string of the molecule is CCCCCCCCCCCCCCC(=O)N(CCC)CCC. The number of rotatable bonds is 17. The maximum atomic E-state index is 12.1. The van der Waals surface area contributed by atoms with E-state index in [1.807, 2.05) is 0 Å². The van der Waals surface area contributed by atoms with Crippen molar-refractivity contribution in [2.75, 3.05) is 13.1 Å². The maximum absolute atomic E-state index is 12.1. The largest absolute Gasteiger partial charge is 0.343 e. The van der Waals surface area contributed by atoms with Gasteiger partial charge in [-0.2, -0.15) is 0 Å². The standard InChI is InChI=1S/C21H43NO/c1-4-7-8-9-10-11-12-13-14-15-16-17-18-21(23)22(19-5-2)20-6-3/h4-20H2,1-3H3. The molecule has 0 heterocycles. The minimum Gasteiger partial charge on any atom is -0.343 e. The Morgan fingerprint density at radius 1 is 0.565 bits per heavy atom. The third-order valence-electron chi connectivity index (χ3n) is 4.58. The molecule has 1 amide bonds. The number of carbonyl (C=O) groups excluding carboxylic acids is 1. The first-order valence-corrected chi connectivity index (χ1v) is 10.5. The number of amides is 1. The summed E-state index contributed by atoms with van der Waals surface area (Å²) in [6.45, 7) is 8.45. The van der Waals surface area contributed by atoms with Gasteiger partial charge in [0.15, 0.2) is 0 Å². The number of unbranched alkanes of at least 4 members (excludes halogenated alkanes) is 11. The van der Waals surface area contributed by atoms with Crippen molar-refractivity contribution in [1.29, 1.82) is 0 Å². The molecule has 0 aliphatic rings. The molecule has 0 aliphatic heterocycles. The van der Waals surface area contributed by atoms with E-state index in [4.69, 9.17) is 0 Å². The average Bonchev–Trinajstić information content (AvgIpc) is 2.55. The van der Waals surface area contributed by atoms with Crippen molar-refractivity contribution in [3.05, 3.63) is 0 Å². The second-order valence-corrected chi connectivity index (χ2v) is 7.02. The Morgan fingerprint density at radius 2 is 0.957 bits per heavy atom. The zero-order valence-electron chi connectivity index (χ0n) is 16.4. The van der Waals surface area contributed by atoms with Gasteiger partial charge in [0.05, 0.1) is 0 Å². The molecule has 0 saturated carbocycles. The molecular weight excluding hydrogens is 282 g/mol. The second kappa shape index (κ2) is 17.8. The summed E-state index contributed by atoms with van der Waals surface area (Å²) in [6.07, 6.45) is 19.2. The van der Waals surface area contributed by atoms with E-state index < -0.39 is 0 Å². The quantitative estimate of drug-likeness (QED) is 0.272. The summed E-state index contributed by atoms with van der Waals surface area (Å²) < 4.78 is 0. The van der Waals surface area contributed by atoms with E-state index in [0.717, 1.165) is 38.8 Å². The van der Waals surface area contributed by atoms with Crippen molar-refractivity contribution in [2.24, 2.45) is 0 Å². The van der Waals surface area contributed by atoms with E-state index in [2.05, 4.69) is 25.7 Å². The molecule has 0 saturated heterocycles. The van der Waals surface area contributed by atoms with E-state index in [9.17, 15) is 4.79 Å². The Labute approximate surface area is 146 Å². The Balaban J connectivity index is 3.36. The number of hydrogen-bond acceptors (Lipinski definition) is 1. The van der Waals surface area contributed by atoms with E-state index in [1.165, 1.54) is 70.6 Å². The topological polar surface area (TPSA) is 20.3 Å². The molecule has 0 spiro atoms. The number of hydrogen-bond donors (Lipinski definition) is 0. The maximum Gasteiger partial charge on any atom is 0.222 e. The van der Waals surface area contributed by atoms with Crippen molar-refractivity contribution >= 4 is 5.91 Å². The van der Waals surface area contributed by atoms with Gasteiger partial charge in [-0.25, -0.2) is 0 Å². The summed E-state index contributed by atoms with van der Waals surface area (Å²) in [6, 6.07) is 0. The highest BCUT2D eigenvalue weighted by Crippen LogP contribution is 2.13. The van der Waals surface area contributed by atoms with Crippen LogP contribution in [-0.2, 0) is 4.79 Å². The molecule has 0 N–H and O–H groups in total. The Kier molecular flexibility index (Phi) is 17.4. The highest BCUT2D eigenvalue weighted by molar-refractivity contribution is 5.76. The Morgan fingerprint density at radius 3 is 1.35 bits per heavy atom. The van der Waals surface area contributed by atoms with Gasteiger partial charge < -0.3 is 4.90 Å². The van der Waals surface area contributed by atoms with E-state index in [1.54, 1.807) is 0 Å². The summed E-state index contributed by atoms with van der Waals surface area (Å²) in [5, 5.41) is 0. The van der Waals surface area contributed by atoms with Crippen LogP contribution in [0.2, 0.25) is 0 Å². The third-order valence-corrected chi connectivity index (χ3v) is 4.58. The highest BCUT2D eigenvalue weighted by Gasteiger charge is 2.10. The summed E-state index contributed by atoms with van der Waals surface area (Å²) in [5.41, 5.74) is 0. The normalized spacial score (nSPS) is 10.9. The summed E-state index contributed by atoms with van der Waals surface area (Å²) in [4.78, 5) is 14.2. The minimum absolute atomic E-state index is 0.376. The van der Waals surface area contributed by atoms with Crippen molar-refractivity contribution in [2.45, 2.75) is 117 Å². The lowest BCUT2D eigenvalue weighted by molar-refractivity contribution is -0.131. The van der Waals surface area contributed by atoms with Gasteiger partial charge in [-0.05, 0) is 19.3 Å². The molecule has 0 aliphatic carbocycles. The molecule has 0 bridgehead atoms. The molecular formula is C21H43NO. The average molecular weight is 326 g/mol. The molecule has 0 unspecified atom stereocenters. The molecule has 0 aromatic heterocycles. The number of carbonyl (C=O) groups is 1. The molecule has 0 atom stereocenters. The van der Waals surface area contributed by atoms with Crippen LogP contribution >= 0.6 is 0 Å². The lowest BCUT2D eigenvalue weighted by Gasteiger charge is -2.21. The van der Waals surface area contributed by atoms with Crippen LogP contribution < -0.4 is 0 Å². The van der Waals surface area contributed by atoms with Gasteiger partial charge in [-0.1, -0.05) is 91.4 Å². The van der Waals surface area contributed by atoms with Gasteiger partial charge in [0.1, 0.15) is 0 Å². The first-order valence-electron chi connectivity index (χ1n) is 10.5. The fourth-order valence-electron chi connectivity index (χ4n) is 3.18. The van der Waals surface area contributed by atoms with Crippen molar-refractivity contribution < 1.29 is 4.79 Å². The molecule has 0 rings (SSSR count). The molecule has 0 fully saturated rings. The van der Waals surface area contributed by atoms with Gasteiger partial charge in [0, 0.05) is 19.5 Å². The summed E-state index contributed by atoms with van der Waals surface area (Å²) >= 11 is 0. The zero-order chi connectivity index (χ0) is 17.2. The molecule has 2 heteroatoms. The van der Waals surface area contributed by atoms with Crippen LogP contribution in [0.1, 0.15) is 117 Å². The summed E-state index contributed by atoms with van der Waals surface area (Å²) in [5.74, 6) is 0.376. The molecule has 138 valence electrons. The van der Waals surface area contributed by atoms with Crippen LogP contribution in [0.5, 0.6) is 0 Å². The van der Waals surface area contributed by atoms with Gasteiger partial charge in [0.25, 0.3) is 0 Å². The lowest BCUT2D eigenvalue weighted by atomic mass is 10.0. The Hall–Kier alpha value is -0.530. The minimum atomic E-state index is 0.376. The molecule has 0 aromatic carbocycles.